The van der Waals surface area contributed by atoms with Gasteiger partial charge in [-0.15, -0.1) is 0 Å². The number of nitrogens with zero attached hydrogens (tertiary/aromatic N) is 1. The van der Waals surface area contributed by atoms with Gasteiger partial charge in [-0.1, -0.05) is 13.0 Å². The van der Waals surface area contributed by atoms with Crippen molar-refractivity contribution in [1.29, 1.82) is 0 Å². The van der Waals surface area contributed by atoms with Crippen LogP contribution in [0.4, 0.5) is 0 Å². The fourth-order valence-electron chi connectivity index (χ4n) is 1.76. The van der Waals surface area contributed by atoms with Crippen LogP contribution in [0.25, 0.3) is 11.0 Å². The van der Waals surface area contributed by atoms with Gasteiger partial charge in [0.2, 0.25) is 0 Å². The Morgan fingerprint density at radius 3 is 2.75 bits per heavy atom. The lowest BCUT2D eigenvalue weighted by Crippen LogP contribution is -2.32. The van der Waals surface area contributed by atoms with E-state index >= 15 is 0 Å². The fraction of sp³-hybridized carbons (Fsp3) is 0.462. The molecule has 0 aliphatic heterocycles. The van der Waals surface area contributed by atoms with Crippen molar-refractivity contribution in [3.8, 4) is 0 Å². The Kier molecular flexibility index (Phi) is 2.72. The number of aromatic nitrogens is 2. The van der Waals surface area contributed by atoms with E-state index in [1.54, 1.807) is 0 Å². The van der Waals surface area contributed by atoms with Crippen LogP contribution in [0, 0.1) is 0 Å². The molecule has 2 aromatic rings. The molecule has 0 amide bonds. The number of hydrogen-bond donors (Lipinski definition) is 2. The van der Waals surface area contributed by atoms with Gasteiger partial charge in [0.1, 0.15) is 5.82 Å². The van der Waals surface area contributed by atoms with Crippen LogP contribution in [-0.2, 0) is 12.0 Å². The van der Waals surface area contributed by atoms with Gasteiger partial charge in [0.05, 0.1) is 11.0 Å². The fourth-order valence-corrected chi connectivity index (χ4v) is 1.76. The lowest BCUT2D eigenvalue weighted by Gasteiger charge is -2.24. The van der Waals surface area contributed by atoms with Gasteiger partial charge in [-0.3, -0.25) is 0 Å². The highest BCUT2D eigenvalue weighted by molar-refractivity contribution is 5.76. The molecule has 1 heterocycles. The van der Waals surface area contributed by atoms with Crippen molar-refractivity contribution in [2.24, 2.45) is 0 Å². The average molecular weight is 217 g/mol. The Morgan fingerprint density at radius 2 is 2.12 bits per heavy atom. The highest BCUT2D eigenvalue weighted by Crippen LogP contribution is 2.23. The highest BCUT2D eigenvalue weighted by Gasteiger charge is 2.18. The molecule has 86 valence electrons. The topological polar surface area (TPSA) is 40.7 Å². The van der Waals surface area contributed by atoms with E-state index in [2.05, 4.69) is 54.3 Å². The second kappa shape index (κ2) is 3.91. The molecule has 0 atom stereocenters. The maximum atomic E-state index is 4.50. The minimum absolute atomic E-state index is 0.00826. The molecule has 2 rings (SSSR count). The molecule has 3 heteroatoms. The van der Waals surface area contributed by atoms with E-state index in [-0.39, 0.29) is 5.54 Å². The first kappa shape index (κ1) is 11.1. The number of fused-ring (bicyclic) bond motifs is 1. The molecule has 0 unspecified atom stereocenters. The minimum atomic E-state index is -0.00826. The second-order valence-electron chi connectivity index (χ2n) is 4.64. The molecular weight excluding hydrogens is 198 g/mol. The van der Waals surface area contributed by atoms with Crippen molar-refractivity contribution in [3.63, 3.8) is 0 Å². The monoisotopic (exact) mass is 217 g/mol. The SMILES string of the molecule is CCc1nc2ccc(C(C)(C)NC)cc2[nH]1. The van der Waals surface area contributed by atoms with E-state index in [4.69, 9.17) is 0 Å². The summed E-state index contributed by atoms with van der Waals surface area (Å²) in [6.45, 7) is 6.45. The van der Waals surface area contributed by atoms with Crippen LogP contribution in [0.15, 0.2) is 18.2 Å². The van der Waals surface area contributed by atoms with Crippen LogP contribution in [0.1, 0.15) is 32.2 Å². The number of aryl methyl sites for hydroxylation is 1. The van der Waals surface area contributed by atoms with E-state index in [0.29, 0.717) is 0 Å². The Labute approximate surface area is 96.3 Å². The molecule has 0 spiro atoms. The quantitative estimate of drug-likeness (QED) is 0.829. The predicted molar refractivity (Wildman–Crippen MR) is 67.6 cm³/mol. The number of benzene rings is 1. The third kappa shape index (κ3) is 1.83. The summed E-state index contributed by atoms with van der Waals surface area (Å²) in [4.78, 5) is 7.85. The molecule has 16 heavy (non-hydrogen) atoms. The van der Waals surface area contributed by atoms with E-state index in [1.165, 1.54) is 5.56 Å². The van der Waals surface area contributed by atoms with Crippen LogP contribution < -0.4 is 5.32 Å². The van der Waals surface area contributed by atoms with E-state index in [1.807, 2.05) is 7.05 Å². The average Bonchev–Trinajstić information content (AvgIpc) is 2.70. The Hall–Kier alpha value is -1.35. The maximum Gasteiger partial charge on any atom is 0.106 e. The normalized spacial score (nSPS) is 12.2. The van der Waals surface area contributed by atoms with Gasteiger partial charge in [-0.05, 0) is 38.6 Å². The van der Waals surface area contributed by atoms with Gasteiger partial charge in [0.25, 0.3) is 0 Å². The summed E-state index contributed by atoms with van der Waals surface area (Å²) in [5.74, 6) is 1.05. The van der Waals surface area contributed by atoms with Crippen molar-refractivity contribution >= 4 is 11.0 Å². The van der Waals surface area contributed by atoms with E-state index in [0.717, 1.165) is 23.3 Å². The summed E-state index contributed by atoms with van der Waals surface area (Å²) in [5, 5.41) is 3.31. The van der Waals surface area contributed by atoms with E-state index < -0.39 is 0 Å². The van der Waals surface area contributed by atoms with Crippen LogP contribution >= 0.6 is 0 Å². The van der Waals surface area contributed by atoms with Crippen molar-refractivity contribution in [2.75, 3.05) is 7.05 Å². The zero-order valence-electron chi connectivity index (χ0n) is 10.4. The zero-order chi connectivity index (χ0) is 11.8. The van der Waals surface area contributed by atoms with Crippen LogP contribution in [-0.4, -0.2) is 17.0 Å². The summed E-state index contributed by atoms with van der Waals surface area (Å²) < 4.78 is 0. The van der Waals surface area contributed by atoms with Gasteiger partial charge >= 0.3 is 0 Å². The summed E-state index contributed by atoms with van der Waals surface area (Å²) in [7, 11) is 1.98. The second-order valence-corrected chi connectivity index (χ2v) is 4.64. The largest absolute Gasteiger partial charge is 0.342 e. The van der Waals surface area contributed by atoms with Crippen molar-refractivity contribution in [3.05, 3.63) is 29.6 Å². The zero-order valence-corrected chi connectivity index (χ0v) is 10.4. The number of H-pyrrole nitrogens is 1. The summed E-state index contributed by atoms with van der Waals surface area (Å²) >= 11 is 0. The third-order valence-electron chi connectivity index (χ3n) is 3.21. The Morgan fingerprint density at radius 1 is 1.38 bits per heavy atom. The maximum absolute atomic E-state index is 4.50. The number of hydrogen-bond acceptors (Lipinski definition) is 2. The van der Waals surface area contributed by atoms with Crippen molar-refractivity contribution in [2.45, 2.75) is 32.7 Å². The standard InChI is InChI=1S/C13H19N3/c1-5-12-15-10-7-6-9(8-11(10)16-12)13(2,3)14-4/h6-8,14H,5H2,1-4H3,(H,15,16). The van der Waals surface area contributed by atoms with Crippen molar-refractivity contribution in [1.82, 2.24) is 15.3 Å². The smallest absolute Gasteiger partial charge is 0.106 e. The van der Waals surface area contributed by atoms with Gasteiger partial charge in [0, 0.05) is 12.0 Å². The number of aromatic amines is 1. The number of rotatable bonds is 3. The molecule has 0 fully saturated rings. The first-order valence-corrected chi connectivity index (χ1v) is 5.75. The third-order valence-corrected chi connectivity index (χ3v) is 3.21. The summed E-state index contributed by atoms with van der Waals surface area (Å²) in [5.41, 5.74) is 3.44. The van der Waals surface area contributed by atoms with Crippen LogP contribution in [0.3, 0.4) is 0 Å². The molecule has 3 nitrogen and oxygen atoms in total. The number of imidazole rings is 1. The molecule has 0 aliphatic carbocycles. The lowest BCUT2D eigenvalue weighted by molar-refractivity contribution is 0.445. The molecular formula is C13H19N3. The first-order chi connectivity index (χ1) is 7.56. The van der Waals surface area contributed by atoms with Crippen LogP contribution in [0.5, 0.6) is 0 Å². The first-order valence-electron chi connectivity index (χ1n) is 5.75. The predicted octanol–water partition coefficient (Wildman–Crippen LogP) is 2.58. The molecule has 0 aliphatic rings. The van der Waals surface area contributed by atoms with Crippen LogP contribution in [0.2, 0.25) is 0 Å². The highest BCUT2D eigenvalue weighted by atomic mass is 14.9. The molecule has 1 aromatic heterocycles. The molecule has 0 saturated carbocycles. The molecule has 2 N–H and O–H groups in total. The Bertz CT molecular complexity index is 497. The summed E-state index contributed by atoms with van der Waals surface area (Å²) in [6.07, 6.45) is 0.944. The van der Waals surface area contributed by atoms with Gasteiger partial charge in [0.15, 0.2) is 0 Å². The van der Waals surface area contributed by atoms with Gasteiger partial charge in [-0.25, -0.2) is 4.98 Å². The van der Waals surface area contributed by atoms with Gasteiger partial charge < -0.3 is 10.3 Å². The van der Waals surface area contributed by atoms with Crippen molar-refractivity contribution < 1.29 is 0 Å². The minimum Gasteiger partial charge on any atom is -0.342 e. The molecule has 0 radical (unpaired) electrons. The van der Waals surface area contributed by atoms with E-state index in [9.17, 15) is 0 Å². The lowest BCUT2D eigenvalue weighted by atomic mass is 9.94. The molecule has 0 bridgehead atoms. The Balaban J connectivity index is 2.51. The molecule has 1 aromatic carbocycles. The molecule has 0 saturated heterocycles. The van der Waals surface area contributed by atoms with Gasteiger partial charge in [-0.2, -0.15) is 0 Å². The summed E-state index contributed by atoms with van der Waals surface area (Å²) in [6, 6.07) is 6.40. The number of nitrogens with one attached hydrogen (secondary N) is 2.